The fraction of sp³-hybridized carbons (Fsp3) is 0.214. The van der Waals surface area contributed by atoms with Gasteiger partial charge in [0.25, 0.3) is 0 Å². The third-order valence-corrected chi connectivity index (χ3v) is 3.36. The minimum Gasteiger partial charge on any atom is -0.405 e. The van der Waals surface area contributed by atoms with Crippen LogP contribution in [0.5, 0.6) is 0 Å². The van der Waals surface area contributed by atoms with Gasteiger partial charge in [-0.25, -0.2) is 13.8 Å². The second kappa shape index (κ2) is 4.63. The van der Waals surface area contributed by atoms with Crippen molar-refractivity contribution < 1.29 is 8.78 Å². The van der Waals surface area contributed by atoms with Crippen molar-refractivity contribution in [3.8, 4) is 0 Å². The first kappa shape index (κ1) is 12.7. The van der Waals surface area contributed by atoms with Gasteiger partial charge in [0.05, 0.1) is 11.0 Å². The van der Waals surface area contributed by atoms with E-state index in [1.54, 1.807) is 6.08 Å². The molecule has 1 saturated carbocycles. The van der Waals surface area contributed by atoms with Gasteiger partial charge in [0.1, 0.15) is 5.82 Å². The zero-order chi connectivity index (χ0) is 14.3. The van der Waals surface area contributed by atoms with Crippen LogP contribution in [0.25, 0.3) is 16.6 Å². The van der Waals surface area contributed by atoms with Gasteiger partial charge in [0.2, 0.25) is 0 Å². The fourth-order valence-corrected chi connectivity index (χ4v) is 2.30. The molecule has 0 bridgehead atoms. The summed E-state index contributed by atoms with van der Waals surface area (Å²) < 4.78 is 28.7. The molecule has 1 aromatic carbocycles. The summed E-state index contributed by atoms with van der Waals surface area (Å²) in [5, 5.41) is 0. The van der Waals surface area contributed by atoms with Gasteiger partial charge in [0, 0.05) is 29.9 Å². The average Bonchev–Trinajstić information content (AvgIpc) is 3.20. The molecular weight excluding hydrogens is 262 g/mol. The maximum absolute atomic E-state index is 13.5. The Balaban J connectivity index is 2.28. The number of halogens is 2. The number of nitrogens with zero attached hydrogens (tertiary/aromatic N) is 2. The molecule has 0 unspecified atom stereocenters. The van der Waals surface area contributed by atoms with Crippen molar-refractivity contribution in [3.05, 3.63) is 48.1 Å². The van der Waals surface area contributed by atoms with Gasteiger partial charge in [0.15, 0.2) is 11.6 Å². The Morgan fingerprint density at radius 2 is 1.95 bits per heavy atom. The topological polar surface area (TPSA) is 69.9 Å². The van der Waals surface area contributed by atoms with Crippen LogP contribution in [0.3, 0.4) is 0 Å². The highest BCUT2D eigenvalue weighted by Gasteiger charge is 2.29. The summed E-state index contributed by atoms with van der Waals surface area (Å²) in [4.78, 5) is 4.37. The summed E-state index contributed by atoms with van der Waals surface area (Å²) in [5.41, 5.74) is 12.6. The smallest absolute Gasteiger partial charge is 0.161 e. The number of nitrogens with two attached hydrogens (primary N) is 2. The Morgan fingerprint density at radius 3 is 2.55 bits per heavy atom. The van der Waals surface area contributed by atoms with Crippen LogP contribution >= 0.6 is 0 Å². The summed E-state index contributed by atoms with van der Waals surface area (Å²) in [6, 6.07) is 2.54. The molecule has 1 fully saturated rings. The third-order valence-electron chi connectivity index (χ3n) is 3.36. The van der Waals surface area contributed by atoms with E-state index in [0.29, 0.717) is 22.4 Å². The van der Waals surface area contributed by atoms with E-state index in [0.717, 1.165) is 18.9 Å². The highest BCUT2D eigenvalue weighted by molar-refractivity contribution is 5.82. The molecule has 1 aromatic heterocycles. The van der Waals surface area contributed by atoms with E-state index < -0.39 is 11.6 Å². The van der Waals surface area contributed by atoms with E-state index >= 15 is 0 Å². The first-order chi connectivity index (χ1) is 9.65. The second-order valence-corrected chi connectivity index (χ2v) is 4.77. The summed E-state index contributed by atoms with van der Waals surface area (Å²) in [6.07, 6.45) is 6.34. The quantitative estimate of drug-likeness (QED) is 0.846. The lowest BCUT2D eigenvalue weighted by Gasteiger charge is -2.07. The minimum absolute atomic E-state index is 0.251. The van der Waals surface area contributed by atoms with E-state index in [2.05, 4.69) is 4.98 Å². The summed E-state index contributed by atoms with van der Waals surface area (Å²) in [7, 11) is 0. The summed E-state index contributed by atoms with van der Waals surface area (Å²) in [5.74, 6) is -1.20. The molecule has 0 amide bonds. The van der Waals surface area contributed by atoms with Crippen LogP contribution in [0.1, 0.15) is 24.7 Å². The van der Waals surface area contributed by atoms with Crippen LogP contribution in [0, 0.1) is 11.6 Å². The lowest BCUT2D eigenvalue weighted by Crippen LogP contribution is -2.02. The Labute approximate surface area is 114 Å². The van der Waals surface area contributed by atoms with Crippen molar-refractivity contribution >= 4 is 16.6 Å². The maximum Gasteiger partial charge on any atom is 0.161 e. The lowest BCUT2D eigenvalue weighted by molar-refractivity contribution is 0.510. The number of aromatic nitrogens is 2. The molecule has 0 aliphatic heterocycles. The molecule has 20 heavy (non-hydrogen) atoms. The van der Waals surface area contributed by atoms with Crippen molar-refractivity contribution in [2.24, 2.45) is 11.5 Å². The molecule has 1 heterocycles. The fourth-order valence-electron chi connectivity index (χ4n) is 2.30. The second-order valence-electron chi connectivity index (χ2n) is 4.77. The van der Waals surface area contributed by atoms with Gasteiger partial charge in [-0.3, -0.25) is 0 Å². The van der Waals surface area contributed by atoms with Gasteiger partial charge in [-0.2, -0.15) is 0 Å². The first-order valence-electron chi connectivity index (χ1n) is 6.33. The molecule has 0 spiro atoms. The van der Waals surface area contributed by atoms with Crippen molar-refractivity contribution in [1.29, 1.82) is 0 Å². The molecular formula is C14H14F2N4. The van der Waals surface area contributed by atoms with Crippen LogP contribution in [0.4, 0.5) is 8.78 Å². The number of rotatable bonds is 3. The molecule has 4 N–H and O–H groups in total. The minimum atomic E-state index is -0.905. The maximum atomic E-state index is 13.5. The molecule has 1 aliphatic rings. The average molecular weight is 276 g/mol. The van der Waals surface area contributed by atoms with Gasteiger partial charge in [-0.15, -0.1) is 0 Å². The zero-order valence-corrected chi connectivity index (χ0v) is 10.7. The van der Waals surface area contributed by atoms with Crippen LogP contribution in [-0.4, -0.2) is 9.55 Å². The highest BCUT2D eigenvalue weighted by atomic mass is 19.2. The zero-order valence-electron chi connectivity index (χ0n) is 10.7. The van der Waals surface area contributed by atoms with Crippen molar-refractivity contribution in [1.82, 2.24) is 9.55 Å². The third kappa shape index (κ3) is 1.93. The molecule has 0 radical (unpaired) electrons. The number of fused-ring (bicyclic) bond motifs is 1. The standard InChI is InChI=1S/C14H14F2N4/c15-10-5-12-13(6-11(10)16)20(9-1-2-9)14(19-12)8(7-18)3-4-17/h3-7,9H,1-2,17-18H2/b4-3-,8-7?. The van der Waals surface area contributed by atoms with Crippen molar-refractivity contribution in [2.75, 3.05) is 0 Å². The summed E-state index contributed by atoms with van der Waals surface area (Å²) >= 11 is 0. The summed E-state index contributed by atoms with van der Waals surface area (Å²) in [6.45, 7) is 0. The van der Waals surface area contributed by atoms with E-state index in [9.17, 15) is 8.78 Å². The first-order valence-corrected chi connectivity index (χ1v) is 6.33. The Morgan fingerprint density at radius 1 is 1.25 bits per heavy atom. The molecule has 2 aromatic rings. The number of imidazole rings is 1. The molecule has 0 saturated heterocycles. The largest absolute Gasteiger partial charge is 0.405 e. The molecule has 3 rings (SSSR count). The molecule has 104 valence electrons. The van der Waals surface area contributed by atoms with E-state index in [1.165, 1.54) is 18.5 Å². The monoisotopic (exact) mass is 276 g/mol. The predicted molar refractivity (Wildman–Crippen MR) is 73.4 cm³/mol. The highest BCUT2D eigenvalue weighted by Crippen LogP contribution is 2.40. The van der Waals surface area contributed by atoms with Gasteiger partial charge < -0.3 is 16.0 Å². The molecule has 4 nitrogen and oxygen atoms in total. The Bertz CT molecular complexity index is 726. The van der Waals surface area contributed by atoms with Gasteiger partial charge in [-0.1, -0.05) is 0 Å². The van der Waals surface area contributed by atoms with E-state index in [1.807, 2.05) is 4.57 Å². The number of hydrogen-bond acceptors (Lipinski definition) is 3. The molecule has 0 atom stereocenters. The number of hydrogen-bond donors (Lipinski definition) is 2. The number of benzene rings is 1. The molecule has 1 aliphatic carbocycles. The van der Waals surface area contributed by atoms with E-state index in [4.69, 9.17) is 11.5 Å². The number of allylic oxidation sites excluding steroid dienone is 2. The normalized spacial score (nSPS) is 16.4. The van der Waals surface area contributed by atoms with Crippen molar-refractivity contribution in [3.63, 3.8) is 0 Å². The molecule has 6 heteroatoms. The van der Waals surface area contributed by atoms with Gasteiger partial charge in [-0.05, 0) is 25.1 Å². The van der Waals surface area contributed by atoms with Crippen LogP contribution in [0.15, 0.2) is 30.6 Å². The Kier molecular flexibility index (Phi) is 2.93. The van der Waals surface area contributed by atoms with Gasteiger partial charge >= 0.3 is 0 Å². The lowest BCUT2D eigenvalue weighted by atomic mass is 10.2. The van der Waals surface area contributed by atoms with Crippen LogP contribution < -0.4 is 11.5 Å². The SMILES string of the molecule is NC=C(/C=C\N)c1nc2cc(F)c(F)cc2n1C1CC1. The van der Waals surface area contributed by atoms with E-state index in [-0.39, 0.29) is 6.04 Å². The van der Waals surface area contributed by atoms with Crippen molar-refractivity contribution in [2.45, 2.75) is 18.9 Å². The Hall–Kier alpha value is -2.37. The predicted octanol–water partition coefficient (Wildman–Crippen LogP) is 2.42. The van der Waals surface area contributed by atoms with Crippen LogP contribution in [-0.2, 0) is 0 Å². The van der Waals surface area contributed by atoms with Crippen LogP contribution in [0.2, 0.25) is 0 Å².